The molecule has 0 heterocycles. The van der Waals surface area contributed by atoms with Crippen LogP contribution in [0.4, 0.5) is 0 Å². The van der Waals surface area contributed by atoms with E-state index in [1.165, 1.54) is 0 Å². The van der Waals surface area contributed by atoms with Gasteiger partial charge in [-0.15, -0.1) is 0 Å². The Bertz CT molecular complexity index is 31.2. The molecule has 0 spiro atoms. The van der Waals surface area contributed by atoms with E-state index >= 15 is 0 Å². The van der Waals surface area contributed by atoms with Gasteiger partial charge in [-0.2, -0.15) is 0 Å². The first-order chi connectivity index (χ1) is 3.27. The Morgan fingerprint density at radius 1 is 1.29 bits per heavy atom. The van der Waals surface area contributed by atoms with Gasteiger partial charge in [0.2, 0.25) is 0 Å². The van der Waals surface area contributed by atoms with Crippen molar-refractivity contribution in [2.75, 3.05) is 0 Å². The van der Waals surface area contributed by atoms with Crippen molar-refractivity contribution in [1.29, 1.82) is 0 Å². The maximum absolute atomic E-state index is 9.50. The Labute approximate surface area is 45.7 Å². The molecular weight excluding hydrogens is 88.1 g/mol. The molecule has 0 aliphatic heterocycles. The topological polar surface area (TPSA) is 17.1 Å². The Hall–Kier alpha value is -0.330. The van der Waals surface area contributed by atoms with E-state index in [-0.39, 0.29) is 5.92 Å². The fourth-order valence-corrected chi connectivity index (χ4v) is 0. The van der Waals surface area contributed by atoms with Crippen LogP contribution in [0.25, 0.3) is 0 Å². The maximum atomic E-state index is 9.50. The monoisotopic (exact) mass is 102 g/mol. The average Bonchev–Trinajstić information content (AvgIpc) is 1.73. The van der Waals surface area contributed by atoms with Crippen LogP contribution < -0.4 is 0 Å². The van der Waals surface area contributed by atoms with Crippen molar-refractivity contribution in [2.45, 2.75) is 27.7 Å². The van der Waals surface area contributed by atoms with Crippen LogP contribution >= 0.6 is 0 Å². The molecule has 0 fully saturated rings. The SMILES string of the molecule is CC.CC(C)C=O. The summed E-state index contributed by atoms with van der Waals surface area (Å²) in [6.45, 7) is 7.71. The van der Waals surface area contributed by atoms with Gasteiger partial charge in [0.15, 0.2) is 0 Å². The van der Waals surface area contributed by atoms with E-state index in [0.717, 1.165) is 6.29 Å². The first kappa shape index (κ1) is 9.83. The zero-order valence-corrected chi connectivity index (χ0v) is 5.56. The Balaban J connectivity index is 0. The summed E-state index contributed by atoms with van der Waals surface area (Å²) in [7, 11) is 0. The van der Waals surface area contributed by atoms with Crippen molar-refractivity contribution in [3.05, 3.63) is 0 Å². The van der Waals surface area contributed by atoms with Gasteiger partial charge in [-0.25, -0.2) is 0 Å². The van der Waals surface area contributed by atoms with Crippen LogP contribution in [0.1, 0.15) is 27.7 Å². The zero-order chi connectivity index (χ0) is 6.28. The van der Waals surface area contributed by atoms with Crippen LogP contribution in [0, 0.1) is 5.92 Å². The molecule has 0 radical (unpaired) electrons. The highest BCUT2D eigenvalue weighted by Crippen LogP contribution is 1.78. The van der Waals surface area contributed by atoms with Crippen LogP contribution in [0.2, 0.25) is 0 Å². The van der Waals surface area contributed by atoms with E-state index in [1.807, 2.05) is 27.7 Å². The molecule has 1 heteroatoms. The number of carbonyl (C=O) groups excluding carboxylic acids is 1. The molecule has 0 aromatic heterocycles. The van der Waals surface area contributed by atoms with Gasteiger partial charge in [-0.1, -0.05) is 27.7 Å². The van der Waals surface area contributed by atoms with Crippen molar-refractivity contribution >= 4 is 6.29 Å². The first-order valence-electron chi connectivity index (χ1n) is 2.72. The summed E-state index contributed by atoms with van der Waals surface area (Å²) in [5.74, 6) is 0.204. The van der Waals surface area contributed by atoms with Crippen molar-refractivity contribution in [1.82, 2.24) is 0 Å². The highest BCUT2D eigenvalue weighted by molar-refractivity contribution is 5.51. The predicted molar refractivity (Wildman–Crippen MR) is 32.2 cm³/mol. The maximum Gasteiger partial charge on any atom is 0.122 e. The quantitative estimate of drug-likeness (QED) is 0.462. The largest absolute Gasteiger partial charge is 0.303 e. The summed E-state index contributed by atoms with van der Waals surface area (Å²) < 4.78 is 0. The second-order valence-corrected chi connectivity index (χ2v) is 1.38. The Morgan fingerprint density at radius 3 is 1.43 bits per heavy atom. The van der Waals surface area contributed by atoms with Gasteiger partial charge in [-0.3, -0.25) is 0 Å². The van der Waals surface area contributed by atoms with Gasteiger partial charge in [0, 0.05) is 5.92 Å². The standard InChI is InChI=1S/C4H8O.C2H6/c1-4(2)3-5;1-2/h3-4H,1-2H3;1-2H3. The average molecular weight is 102 g/mol. The van der Waals surface area contributed by atoms with Crippen LogP contribution in [-0.4, -0.2) is 6.29 Å². The minimum absolute atomic E-state index is 0.204. The first-order valence-corrected chi connectivity index (χ1v) is 2.72. The van der Waals surface area contributed by atoms with Gasteiger partial charge >= 0.3 is 0 Å². The van der Waals surface area contributed by atoms with E-state index in [0.29, 0.717) is 0 Å². The molecular formula is C6H14O. The molecule has 44 valence electrons. The van der Waals surface area contributed by atoms with Crippen LogP contribution in [0.5, 0.6) is 0 Å². The van der Waals surface area contributed by atoms with Crippen molar-refractivity contribution < 1.29 is 4.79 Å². The zero-order valence-electron chi connectivity index (χ0n) is 5.56. The lowest BCUT2D eigenvalue weighted by Crippen LogP contribution is -1.82. The van der Waals surface area contributed by atoms with E-state index in [2.05, 4.69) is 0 Å². The Kier molecular flexibility index (Phi) is 12.9. The number of hydrogen-bond acceptors (Lipinski definition) is 1. The molecule has 0 saturated heterocycles. The summed E-state index contributed by atoms with van der Waals surface area (Å²) in [6, 6.07) is 0. The molecule has 0 saturated carbocycles. The van der Waals surface area contributed by atoms with E-state index < -0.39 is 0 Å². The highest BCUT2D eigenvalue weighted by Gasteiger charge is 1.79. The third kappa shape index (κ3) is 27.4. The minimum Gasteiger partial charge on any atom is -0.303 e. The third-order valence-corrected chi connectivity index (χ3v) is 0.272. The fourth-order valence-electron chi connectivity index (χ4n) is 0. The lowest BCUT2D eigenvalue weighted by molar-refractivity contribution is -0.110. The molecule has 0 unspecified atom stereocenters. The molecule has 0 bridgehead atoms. The molecule has 1 nitrogen and oxygen atoms in total. The Morgan fingerprint density at radius 2 is 1.43 bits per heavy atom. The fraction of sp³-hybridized carbons (Fsp3) is 0.833. The number of carbonyl (C=O) groups is 1. The van der Waals surface area contributed by atoms with Gasteiger partial charge in [0.25, 0.3) is 0 Å². The molecule has 7 heavy (non-hydrogen) atoms. The van der Waals surface area contributed by atoms with Crippen molar-refractivity contribution in [3.8, 4) is 0 Å². The minimum atomic E-state index is 0.204. The molecule has 0 aromatic carbocycles. The smallest absolute Gasteiger partial charge is 0.122 e. The van der Waals surface area contributed by atoms with Crippen molar-refractivity contribution in [2.24, 2.45) is 5.92 Å². The third-order valence-electron chi connectivity index (χ3n) is 0.272. The summed E-state index contributed by atoms with van der Waals surface area (Å²) in [5, 5.41) is 0. The second kappa shape index (κ2) is 9.18. The van der Waals surface area contributed by atoms with E-state index in [1.54, 1.807) is 0 Å². The molecule has 0 amide bonds. The predicted octanol–water partition coefficient (Wildman–Crippen LogP) is 1.87. The summed E-state index contributed by atoms with van der Waals surface area (Å²) >= 11 is 0. The van der Waals surface area contributed by atoms with Crippen LogP contribution in [0.15, 0.2) is 0 Å². The van der Waals surface area contributed by atoms with E-state index in [9.17, 15) is 4.79 Å². The molecule has 0 rings (SSSR count). The summed E-state index contributed by atoms with van der Waals surface area (Å²) in [6.07, 6.45) is 0.917. The van der Waals surface area contributed by atoms with Crippen LogP contribution in [-0.2, 0) is 4.79 Å². The lowest BCUT2D eigenvalue weighted by atomic mass is 10.3. The molecule has 0 N–H and O–H groups in total. The molecule has 0 aliphatic carbocycles. The molecule has 0 aromatic rings. The highest BCUT2D eigenvalue weighted by atomic mass is 16.1. The van der Waals surface area contributed by atoms with Gasteiger partial charge in [0.05, 0.1) is 0 Å². The normalized spacial score (nSPS) is 7.00. The molecule has 0 atom stereocenters. The number of hydrogen-bond donors (Lipinski definition) is 0. The summed E-state index contributed by atoms with van der Waals surface area (Å²) in [5.41, 5.74) is 0. The van der Waals surface area contributed by atoms with Gasteiger partial charge < -0.3 is 4.79 Å². The van der Waals surface area contributed by atoms with E-state index in [4.69, 9.17) is 0 Å². The second-order valence-electron chi connectivity index (χ2n) is 1.38. The van der Waals surface area contributed by atoms with Crippen LogP contribution in [0.3, 0.4) is 0 Å². The number of rotatable bonds is 1. The lowest BCUT2D eigenvalue weighted by Gasteiger charge is -1.78. The summed E-state index contributed by atoms with van der Waals surface area (Å²) in [4.78, 5) is 9.50. The van der Waals surface area contributed by atoms with Gasteiger partial charge in [-0.05, 0) is 0 Å². The van der Waals surface area contributed by atoms with Crippen molar-refractivity contribution in [3.63, 3.8) is 0 Å². The van der Waals surface area contributed by atoms with Gasteiger partial charge in [0.1, 0.15) is 6.29 Å². The number of aldehydes is 1. The molecule has 0 aliphatic rings.